The molecule has 0 bridgehead atoms. The minimum Gasteiger partial charge on any atom is -0.496 e. The minimum absolute atomic E-state index is 0.203. The largest absolute Gasteiger partial charge is 0.496 e. The van der Waals surface area contributed by atoms with Gasteiger partial charge in [0.25, 0.3) is 10.0 Å². The maximum atomic E-state index is 12.4. The van der Waals surface area contributed by atoms with E-state index < -0.39 is 10.0 Å². The van der Waals surface area contributed by atoms with Gasteiger partial charge in [0.05, 0.1) is 22.2 Å². The summed E-state index contributed by atoms with van der Waals surface area (Å²) in [5.41, 5.74) is 3.79. The molecule has 0 radical (unpaired) electrons. The number of aryl methyl sites for hydroxylation is 1. The normalized spacial score (nSPS) is 15.7. The van der Waals surface area contributed by atoms with Gasteiger partial charge in [0.1, 0.15) is 5.75 Å². The Labute approximate surface area is 156 Å². The Morgan fingerprint density at radius 2 is 1.84 bits per heavy atom. The highest BCUT2D eigenvalue weighted by Gasteiger charge is 2.21. The third-order valence-electron chi connectivity index (χ3n) is 4.21. The van der Waals surface area contributed by atoms with Gasteiger partial charge in [0.2, 0.25) is 0 Å². The first-order valence-corrected chi connectivity index (χ1v) is 10.2. The Morgan fingerprint density at radius 3 is 2.52 bits per heavy atom. The average Bonchev–Trinajstić information content (AvgIpc) is 2.61. The number of methoxy groups -OCH3 is 1. The van der Waals surface area contributed by atoms with Gasteiger partial charge in [-0.3, -0.25) is 0 Å². The summed E-state index contributed by atoms with van der Waals surface area (Å²) in [7, 11) is -2.05. The van der Waals surface area contributed by atoms with E-state index in [9.17, 15) is 8.42 Å². The summed E-state index contributed by atoms with van der Waals surface area (Å²) in [5, 5.41) is 4.21. The summed E-state index contributed by atoms with van der Waals surface area (Å²) in [5.74, 6) is 0.764. The van der Waals surface area contributed by atoms with Crippen molar-refractivity contribution in [3.05, 3.63) is 57.6 Å². The third-order valence-corrected chi connectivity index (χ3v) is 6.30. The summed E-state index contributed by atoms with van der Waals surface area (Å²) in [4.78, 5) is 2.57. The molecule has 0 heterocycles. The van der Waals surface area contributed by atoms with Crippen LogP contribution in [0.5, 0.6) is 5.75 Å². The van der Waals surface area contributed by atoms with Gasteiger partial charge >= 0.3 is 0 Å². The van der Waals surface area contributed by atoms with E-state index in [-0.39, 0.29) is 4.90 Å². The summed E-state index contributed by atoms with van der Waals surface area (Å²) in [6.45, 7) is 1.91. The van der Waals surface area contributed by atoms with E-state index >= 15 is 0 Å². The number of sulfonamides is 1. The van der Waals surface area contributed by atoms with Crippen LogP contribution < -0.4 is 9.57 Å². The molecule has 2 aromatic rings. The van der Waals surface area contributed by atoms with Crippen molar-refractivity contribution in [1.82, 2.24) is 4.83 Å². The Hall–Kier alpha value is -1.86. The zero-order valence-corrected chi connectivity index (χ0v) is 16.4. The Bertz CT molecular complexity index is 922. The highest BCUT2D eigenvalue weighted by molar-refractivity contribution is 9.10. The van der Waals surface area contributed by atoms with Gasteiger partial charge in [0.15, 0.2) is 0 Å². The lowest BCUT2D eigenvalue weighted by molar-refractivity contribution is 0.411. The molecule has 7 heteroatoms. The van der Waals surface area contributed by atoms with Crippen molar-refractivity contribution in [2.45, 2.75) is 31.1 Å². The van der Waals surface area contributed by atoms with Gasteiger partial charge in [-0.15, -0.1) is 0 Å². The van der Waals surface area contributed by atoms with Crippen molar-refractivity contribution in [2.75, 3.05) is 7.11 Å². The number of hydrazone groups is 1. The second-order valence-corrected chi connectivity index (χ2v) is 8.38. The number of nitrogens with zero attached hydrogens (tertiary/aromatic N) is 1. The summed E-state index contributed by atoms with van der Waals surface area (Å²) in [6.07, 6.45) is 2.53. The monoisotopic (exact) mass is 422 g/mol. The molecule has 0 fully saturated rings. The molecule has 0 amide bonds. The molecule has 0 aliphatic heterocycles. The van der Waals surface area contributed by atoms with Gasteiger partial charge in [0, 0.05) is 5.56 Å². The molecule has 0 atom stereocenters. The maximum absolute atomic E-state index is 12.4. The van der Waals surface area contributed by atoms with E-state index in [0.29, 0.717) is 0 Å². The van der Waals surface area contributed by atoms with Gasteiger partial charge in [-0.1, -0.05) is 17.7 Å². The third kappa shape index (κ3) is 3.72. The smallest absolute Gasteiger partial charge is 0.276 e. The van der Waals surface area contributed by atoms with Crippen molar-refractivity contribution in [3.8, 4) is 5.75 Å². The lowest BCUT2D eigenvalue weighted by Gasteiger charge is -2.20. The van der Waals surface area contributed by atoms with Crippen molar-refractivity contribution in [2.24, 2.45) is 5.10 Å². The van der Waals surface area contributed by atoms with Crippen LogP contribution in [0, 0.1) is 6.92 Å². The molecule has 1 N–H and O–H groups in total. The molecule has 0 saturated carbocycles. The first-order valence-electron chi connectivity index (χ1n) is 7.93. The van der Waals surface area contributed by atoms with Crippen LogP contribution in [0.3, 0.4) is 0 Å². The molecule has 0 aromatic heterocycles. The standard InChI is InChI=1S/C18H19BrN2O3S/c1-12-6-8-13(9-7-12)25(22,23)21-20-16-5-3-4-15-14(16)10-11-17(24-2)18(15)19/h6-11,21H,3-5H2,1-2H3/b20-16+. The lowest BCUT2D eigenvalue weighted by atomic mass is 9.90. The molecular weight excluding hydrogens is 404 g/mol. The Morgan fingerprint density at radius 1 is 1.12 bits per heavy atom. The number of hydrogen-bond donors (Lipinski definition) is 1. The molecular formula is C18H19BrN2O3S. The van der Waals surface area contributed by atoms with Crippen LogP contribution in [0.2, 0.25) is 0 Å². The van der Waals surface area contributed by atoms with Gasteiger partial charge in [-0.05, 0) is 71.9 Å². The number of benzene rings is 2. The summed E-state index contributed by atoms with van der Waals surface area (Å²) in [6, 6.07) is 10.5. The molecule has 3 rings (SSSR count). The molecule has 1 aliphatic rings. The van der Waals surface area contributed by atoms with E-state index in [1.807, 2.05) is 19.1 Å². The second-order valence-electron chi connectivity index (χ2n) is 5.93. The van der Waals surface area contributed by atoms with Crippen molar-refractivity contribution in [1.29, 1.82) is 0 Å². The predicted molar refractivity (Wildman–Crippen MR) is 102 cm³/mol. The van der Waals surface area contributed by atoms with Gasteiger partial charge in [-0.2, -0.15) is 18.4 Å². The van der Waals surface area contributed by atoms with Crippen LogP contribution in [-0.2, 0) is 16.4 Å². The van der Waals surface area contributed by atoms with Crippen LogP contribution in [0.1, 0.15) is 29.5 Å². The number of nitrogens with one attached hydrogen (secondary N) is 1. The second kappa shape index (κ2) is 7.17. The van der Waals surface area contributed by atoms with E-state index in [1.54, 1.807) is 31.4 Å². The van der Waals surface area contributed by atoms with E-state index in [0.717, 1.165) is 51.9 Å². The van der Waals surface area contributed by atoms with Crippen LogP contribution in [-0.4, -0.2) is 21.2 Å². The molecule has 0 spiro atoms. The molecule has 25 heavy (non-hydrogen) atoms. The number of rotatable bonds is 4. The first-order chi connectivity index (χ1) is 11.9. The minimum atomic E-state index is -3.68. The quantitative estimate of drug-likeness (QED) is 0.762. The SMILES string of the molecule is COc1ccc2c(c1Br)CCC/C2=N\NS(=O)(=O)c1ccc(C)cc1. The van der Waals surface area contributed by atoms with Crippen molar-refractivity contribution >= 4 is 31.7 Å². The molecule has 0 unspecified atom stereocenters. The maximum Gasteiger partial charge on any atom is 0.276 e. The van der Waals surface area contributed by atoms with E-state index in [4.69, 9.17) is 4.74 Å². The lowest BCUT2D eigenvalue weighted by Crippen LogP contribution is -2.22. The van der Waals surface area contributed by atoms with Crippen LogP contribution in [0.15, 0.2) is 50.9 Å². The van der Waals surface area contributed by atoms with E-state index in [2.05, 4.69) is 25.9 Å². The van der Waals surface area contributed by atoms with Crippen LogP contribution in [0.25, 0.3) is 0 Å². The molecule has 2 aromatic carbocycles. The fraction of sp³-hybridized carbons (Fsp3) is 0.278. The van der Waals surface area contributed by atoms with Gasteiger partial charge < -0.3 is 4.74 Å². The van der Waals surface area contributed by atoms with Gasteiger partial charge in [-0.25, -0.2) is 0 Å². The van der Waals surface area contributed by atoms with Crippen LogP contribution >= 0.6 is 15.9 Å². The van der Waals surface area contributed by atoms with Crippen molar-refractivity contribution < 1.29 is 13.2 Å². The summed E-state index contributed by atoms with van der Waals surface area (Å²) < 4.78 is 31.1. The highest BCUT2D eigenvalue weighted by atomic mass is 79.9. The Balaban J connectivity index is 1.91. The van der Waals surface area contributed by atoms with Crippen LogP contribution in [0.4, 0.5) is 0 Å². The highest BCUT2D eigenvalue weighted by Crippen LogP contribution is 2.35. The number of fused-ring (bicyclic) bond motifs is 1. The molecule has 1 aliphatic carbocycles. The fourth-order valence-electron chi connectivity index (χ4n) is 2.84. The molecule has 132 valence electrons. The molecule has 5 nitrogen and oxygen atoms in total. The predicted octanol–water partition coefficient (Wildman–Crippen LogP) is 3.79. The fourth-order valence-corrected chi connectivity index (χ4v) is 4.38. The average molecular weight is 423 g/mol. The zero-order chi connectivity index (χ0) is 18.0. The topological polar surface area (TPSA) is 67.8 Å². The number of halogens is 1. The van der Waals surface area contributed by atoms with Crippen molar-refractivity contribution in [3.63, 3.8) is 0 Å². The first kappa shape index (κ1) is 17.9. The van der Waals surface area contributed by atoms with E-state index in [1.165, 1.54) is 0 Å². The number of ether oxygens (including phenoxy) is 1. The molecule has 0 saturated heterocycles. The zero-order valence-electron chi connectivity index (χ0n) is 14.0. The Kier molecular flexibility index (Phi) is 5.15. The summed E-state index contributed by atoms with van der Waals surface area (Å²) >= 11 is 3.57. The number of hydrogen-bond acceptors (Lipinski definition) is 4.